The molecule has 19 heavy (non-hydrogen) atoms. The molecule has 0 N–H and O–H groups in total. The average Bonchev–Trinajstić information content (AvgIpc) is 2.45. The molecule has 0 atom stereocenters. The van der Waals surface area contributed by atoms with E-state index in [9.17, 15) is 10.1 Å². The number of nitro benzene ring substituents is 1. The quantitative estimate of drug-likeness (QED) is 0.412. The summed E-state index contributed by atoms with van der Waals surface area (Å²) in [5, 5.41) is 10.5. The molecule has 0 fully saturated rings. The van der Waals surface area contributed by atoms with Gasteiger partial charge in [-0.15, -0.1) is 0 Å². The minimum absolute atomic E-state index is 0.101. The maximum Gasteiger partial charge on any atom is 0.282 e. The molecule has 0 aliphatic rings. The topological polar surface area (TPSA) is 70.8 Å². The van der Waals surface area contributed by atoms with Gasteiger partial charge in [-0.05, 0) is 18.4 Å². The minimum Gasteiger partial charge on any atom is -0.331 e. The van der Waals surface area contributed by atoms with Gasteiger partial charge in [-0.2, -0.15) is 0 Å². The van der Waals surface area contributed by atoms with Crippen LogP contribution >= 0.6 is 0 Å². The van der Waals surface area contributed by atoms with Crippen LogP contribution in [0.4, 0.5) is 5.69 Å². The molecule has 0 saturated carbocycles. The summed E-state index contributed by atoms with van der Waals surface area (Å²) in [7, 11) is 4.58. The predicted octanol–water partition coefficient (Wildman–Crippen LogP) is 2.51. The van der Waals surface area contributed by atoms with Crippen molar-refractivity contribution in [2.24, 2.45) is 0 Å². The van der Waals surface area contributed by atoms with Crippen LogP contribution in [0, 0.1) is 10.1 Å². The van der Waals surface area contributed by atoms with Crippen LogP contribution in [0.2, 0.25) is 0 Å². The molecule has 1 rings (SSSR count). The minimum atomic E-state index is -1.01. The van der Waals surface area contributed by atoms with E-state index >= 15 is 0 Å². The van der Waals surface area contributed by atoms with E-state index in [2.05, 4.69) is 0 Å². The van der Waals surface area contributed by atoms with Gasteiger partial charge in [0.15, 0.2) is 0 Å². The summed E-state index contributed by atoms with van der Waals surface area (Å²) in [5.74, 6) is -1.01. The Labute approximate surface area is 112 Å². The van der Waals surface area contributed by atoms with Crippen molar-refractivity contribution in [3.05, 3.63) is 39.9 Å². The number of hydrogen-bond donors (Lipinski definition) is 0. The maximum absolute atomic E-state index is 10.5. The standard InChI is InChI=1S/C13H19NO5/c1-17-13(18-2,19-3)10-4-5-11-6-8-12(9-7-11)14(15)16/h6-9H,4-5,10H2,1-3H3. The Morgan fingerprint density at radius 1 is 1.11 bits per heavy atom. The number of benzene rings is 1. The summed E-state index contributed by atoms with van der Waals surface area (Å²) < 4.78 is 15.6. The SMILES string of the molecule is COC(CCCc1ccc([N+](=O)[O-])cc1)(OC)OC. The first-order chi connectivity index (χ1) is 9.06. The number of nitro groups is 1. The number of hydrogen-bond acceptors (Lipinski definition) is 5. The van der Waals surface area contributed by atoms with Crippen LogP contribution in [-0.2, 0) is 20.6 Å². The van der Waals surface area contributed by atoms with Gasteiger partial charge in [0, 0.05) is 39.9 Å². The average molecular weight is 269 g/mol. The Morgan fingerprint density at radius 3 is 2.05 bits per heavy atom. The normalized spacial score (nSPS) is 11.5. The van der Waals surface area contributed by atoms with Gasteiger partial charge in [-0.25, -0.2) is 0 Å². The van der Waals surface area contributed by atoms with E-state index in [1.54, 1.807) is 12.1 Å². The smallest absolute Gasteiger partial charge is 0.282 e. The highest BCUT2D eigenvalue weighted by atomic mass is 16.9. The maximum atomic E-state index is 10.5. The summed E-state index contributed by atoms with van der Waals surface area (Å²) >= 11 is 0. The molecule has 0 aliphatic carbocycles. The molecule has 6 heteroatoms. The van der Waals surface area contributed by atoms with Crippen LogP contribution in [-0.4, -0.2) is 32.2 Å². The number of rotatable bonds is 8. The molecule has 0 amide bonds. The van der Waals surface area contributed by atoms with Gasteiger partial charge in [0.2, 0.25) is 0 Å². The van der Waals surface area contributed by atoms with Crippen LogP contribution in [0.25, 0.3) is 0 Å². The highest BCUT2D eigenvalue weighted by Crippen LogP contribution is 2.21. The van der Waals surface area contributed by atoms with Crippen molar-refractivity contribution in [3.8, 4) is 0 Å². The molecule has 1 aromatic carbocycles. The number of methoxy groups -OCH3 is 3. The number of non-ortho nitro benzene ring substituents is 1. The highest BCUT2D eigenvalue weighted by Gasteiger charge is 2.28. The fourth-order valence-corrected chi connectivity index (χ4v) is 1.85. The Hall–Kier alpha value is -1.50. The van der Waals surface area contributed by atoms with Gasteiger partial charge in [0.25, 0.3) is 11.7 Å². The molecule has 0 spiro atoms. The summed E-state index contributed by atoms with van der Waals surface area (Å²) in [6.07, 6.45) is 2.14. The van der Waals surface area contributed by atoms with E-state index in [0.29, 0.717) is 6.42 Å². The van der Waals surface area contributed by atoms with Crippen molar-refractivity contribution in [2.45, 2.75) is 25.2 Å². The first-order valence-corrected chi connectivity index (χ1v) is 5.95. The van der Waals surface area contributed by atoms with Crippen molar-refractivity contribution in [2.75, 3.05) is 21.3 Å². The Bertz CT molecular complexity index is 392. The van der Waals surface area contributed by atoms with Crippen LogP contribution in [0.1, 0.15) is 18.4 Å². The van der Waals surface area contributed by atoms with E-state index < -0.39 is 10.9 Å². The summed E-state index contributed by atoms with van der Waals surface area (Å²) in [6, 6.07) is 6.52. The van der Waals surface area contributed by atoms with E-state index in [1.165, 1.54) is 33.5 Å². The molecule has 0 bridgehead atoms. The molecule has 6 nitrogen and oxygen atoms in total. The highest BCUT2D eigenvalue weighted by molar-refractivity contribution is 5.32. The Morgan fingerprint density at radius 2 is 1.63 bits per heavy atom. The lowest BCUT2D eigenvalue weighted by Crippen LogP contribution is -2.35. The third-order valence-corrected chi connectivity index (χ3v) is 3.03. The molecule has 106 valence electrons. The second-order valence-electron chi connectivity index (χ2n) is 4.07. The van der Waals surface area contributed by atoms with E-state index in [4.69, 9.17) is 14.2 Å². The van der Waals surface area contributed by atoms with Crippen LogP contribution in [0.5, 0.6) is 0 Å². The van der Waals surface area contributed by atoms with Gasteiger partial charge in [0.05, 0.1) is 4.92 Å². The Kier molecular flexibility index (Phi) is 5.88. The number of aryl methyl sites for hydroxylation is 1. The molecular formula is C13H19NO5. The summed E-state index contributed by atoms with van der Waals surface area (Å²) in [5.41, 5.74) is 1.13. The monoisotopic (exact) mass is 269 g/mol. The lowest BCUT2D eigenvalue weighted by molar-refractivity contribution is -0.384. The first-order valence-electron chi connectivity index (χ1n) is 5.95. The number of ether oxygens (including phenoxy) is 3. The molecular weight excluding hydrogens is 250 g/mol. The fraction of sp³-hybridized carbons (Fsp3) is 0.538. The number of nitrogens with zero attached hydrogens (tertiary/aromatic N) is 1. The molecule has 0 aromatic heterocycles. The van der Waals surface area contributed by atoms with Crippen molar-refractivity contribution < 1.29 is 19.1 Å². The molecule has 0 saturated heterocycles. The molecule has 0 aliphatic heterocycles. The van der Waals surface area contributed by atoms with Crippen LogP contribution in [0.15, 0.2) is 24.3 Å². The zero-order valence-corrected chi connectivity index (χ0v) is 11.4. The predicted molar refractivity (Wildman–Crippen MR) is 69.8 cm³/mol. The van der Waals surface area contributed by atoms with Crippen molar-refractivity contribution in [3.63, 3.8) is 0 Å². The lowest BCUT2D eigenvalue weighted by atomic mass is 10.1. The summed E-state index contributed by atoms with van der Waals surface area (Å²) in [4.78, 5) is 10.1. The molecule has 0 heterocycles. The molecule has 0 unspecified atom stereocenters. The lowest BCUT2D eigenvalue weighted by Gasteiger charge is -2.28. The zero-order chi connectivity index (χ0) is 14.3. The zero-order valence-electron chi connectivity index (χ0n) is 11.4. The fourth-order valence-electron chi connectivity index (χ4n) is 1.85. The molecule has 0 radical (unpaired) electrons. The van der Waals surface area contributed by atoms with E-state index in [0.717, 1.165) is 18.4 Å². The third kappa shape index (κ3) is 4.27. The van der Waals surface area contributed by atoms with E-state index in [1.807, 2.05) is 0 Å². The second-order valence-corrected chi connectivity index (χ2v) is 4.07. The largest absolute Gasteiger partial charge is 0.331 e. The van der Waals surface area contributed by atoms with Crippen LogP contribution < -0.4 is 0 Å². The van der Waals surface area contributed by atoms with Gasteiger partial charge in [0.1, 0.15) is 0 Å². The first kappa shape index (κ1) is 15.6. The van der Waals surface area contributed by atoms with Gasteiger partial charge in [-0.3, -0.25) is 10.1 Å². The van der Waals surface area contributed by atoms with Crippen molar-refractivity contribution in [1.29, 1.82) is 0 Å². The third-order valence-electron chi connectivity index (χ3n) is 3.03. The Balaban J connectivity index is 2.51. The van der Waals surface area contributed by atoms with Crippen molar-refractivity contribution in [1.82, 2.24) is 0 Å². The van der Waals surface area contributed by atoms with Gasteiger partial charge >= 0.3 is 0 Å². The second kappa shape index (κ2) is 7.18. The van der Waals surface area contributed by atoms with Crippen LogP contribution in [0.3, 0.4) is 0 Å². The van der Waals surface area contributed by atoms with Gasteiger partial charge < -0.3 is 14.2 Å². The summed E-state index contributed by atoms with van der Waals surface area (Å²) in [6.45, 7) is 0. The van der Waals surface area contributed by atoms with Gasteiger partial charge in [-0.1, -0.05) is 12.1 Å². The molecule has 1 aromatic rings. The van der Waals surface area contributed by atoms with Crippen molar-refractivity contribution >= 4 is 5.69 Å². The van der Waals surface area contributed by atoms with E-state index in [-0.39, 0.29) is 5.69 Å².